The number of benzene rings is 4. The normalized spacial score (nSPS) is 10.8. The Labute approximate surface area is 154 Å². The highest BCUT2D eigenvalue weighted by Gasteiger charge is 2.13. The van der Waals surface area contributed by atoms with Crippen molar-refractivity contribution in [2.75, 3.05) is 10.6 Å². The topological polar surface area (TPSA) is 29.3 Å². The molecule has 26 heavy (non-hydrogen) atoms. The van der Waals surface area contributed by atoms with Gasteiger partial charge < -0.3 is 10.6 Å². The van der Waals surface area contributed by atoms with Crippen LogP contribution in [0.25, 0.3) is 10.8 Å². The van der Waals surface area contributed by atoms with Crippen molar-refractivity contribution in [1.29, 1.82) is 0 Å². The van der Waals surface area contributed by atoms with Gasteiger partial charge in [-0.2, -0.15) is 0 Å². The Hall–Kier alpha value is -3.26. The van der Waals surface area contributed by atoms with Gasteiger partial charge in [-0.1, -0.05) is 84.9 Å². The maximum Gasteiger partial charge on any atom is 0.0472 e. The molecular formula is C24H22N2. The third-order valence-electron chi connectivity index (χ3n) is 4.69. The maximum atomic E-state index is 6.35. The van der Waals surface area contributed by atoms with Crippen molar-refractivity contribution in [3.05, 3.63) is 108 Å². The van der Waals surface area contributed by atoms with Crippen molar-refractivity contribution in [3.63, 3.8) is 0 Å². The van der Waals surface area contributed by atoms with Crippen LogP contribution in [-0.4, -0.2) is 0 Å². The summed E-state index contributed by atoms with van der Waals surface area (Å²) in [5, 5.41) is 2.30. The summed E-state index contributed by atoms with van der Waals surface area (Å²) in [7, 11) is 0. The van der Waals surface area contributed by atoms with E-state index in [4.69, 9.17) is 5.73 Å². The molecule has 0 fully saturated rings. The first-order chi connectivity index (χ1) is 12.8. The second-order valence-corrected chi connectivity index (χ2v) is 6.55. The third kappa shape index (κ3) is 3.40. The van der Waals surface area contributed by atoms with E-state index < -0.39 is 0 Å². The van der Waals surface area contributed by atoms with Crippen LogP contribution in [0.3, 0.4) is 0 Å². The summed E-state index contributed by atoms with van der Waals surface area (Å²) in [5.74, 6) is 0. The molecule has 0 unspecified atom stereocenters. The largest absolute Gasteiger partial charge is 0.398 e. The molecule has 0 radical (unpaired) electrons. The summed E-state index contributed by atoms with van der Waals surface area (Å²) >= 11 is 0. The van der Waals surface area contributed by atoms with E-state index in [1.807, 2.05) is 12.1 Å². The monoisotopic (exact) mass is 338 g/mol. The Morgan fingerprint density at radius 3 is 1.69 bits per heavy atom. The number of anilines is 2. The molecule has 0 aliphatic rings. The molecule has 4 aromatic carbocycles. The van der Waals surface area contributed by atoms with Crippen LogP contribution in [0.1, 0.15) is 11.1 Å². The van der Waals surface area contributed by atoms with Crippen molar-refractivity contribution < 1.29 is 0 Å². The van der Waals surface area contributed by atoms with E-state index in [1.165, 1.54) is 22.2 Å². The molecule has 0 atom stereocenters. The Morgan fingerprint density at radius 1 is 0.577 bits per heavy atom. The van der Waals surface area contributed by atoms with Gasteiger partial charge in [-0.15, -0.1) is 0 Å². The number of hydrogen-bond donors (Lipinski definition) is 1. The van der Waals surface area contributed by atoms with E-state index in [0.717, 1.165) is 24.2 Å². The standard InChI is InChI=1S/C24H22N2/c25-22-15-7-13-21-14-8-16-23(24(21)22)26(17-19-9-3-1-4-10-19)18-20-11-5-2-6-12-20/h1-16H,17-18,25H2. The Bertz CT molecular complexity index is 948. The van der Waals surface area contributed by atoms with E-state index in [1.54, 1.807) is 0 Å². The fourth-order valence-corrected chi connectivity index (χ4v) is 3.45. The fourth-order valence-electron chi connectivity index (χ4n) is 3.45. The van der Waals surface area contributed by atoms with Crippen LogP contribution in [0.5, 0.6) is 0 Å². The van der Waals surface area contributed by atoms with E-state index in [2.05, 4.69) is 89.8 Å². The summed E-state index contributed by atoms with van der Waals surface area (Å²) in [6, 6.07) is 33.7. The van der Waals surface area contributed by atoms with Crippen molar-refractivity contribution in [3.8, 4) is 0 Å². The molecule has 0 amide bonds. The van der Waals surface area contributed by atoms with Gasteiger partial charge in [0, 0.05) is 29.9 Å². The molecule has 2 heteroatoms. The van der Waals surface area contributed by atoms with Crippen LogP contribution in [0.4, 0.5) is 11.4 Å². The van der Waals surface area contributed by atoms with Gasteiger partial charge in [0.2, 0.25) is 0 Å². The van der Waals surface area contributed by atoms with E-state index in [9.17, 15) is 0 Å². The molecule has 2 N–H and O–H groups in total. The first kappa shape index (κ1) is 16.2. The molecule has 0 aliphatic heterocycles. The lowest BCUT2D eigenvalue weighted by molar-refractivity contribution is 0.804. The first-order valence-electron chi connectivity index (χ1n) is 8.91. The van der Waals surface area contributed by atoms with Gasteiger partial charge in [0.25, 0.3) is 0 Å². The number of nitrogens with zero attached hydrogens (tertiary/aromatic N) is 1. The predicted octanol–water partition coefficient (Wildman–Crippen LogP) is 5.63. The van der Waals surface area contributed by atoms with E-state index in [-0.39, 0.29) is 0 Å². The molecular weight excluding hydrogens is 316 g/mol. The zero-order valence-corrected chi connectivity index (χ0v) is 14.7. The van der Waals surface area contributed by atoms with Gasteiger partial charge in [-0.3, -0.25) is 0 Å². The Morgan fingerprint density at radius 2 is 1.12 bits per heavy atom. The van der Waals surface area contributed by atoms with Crippen molar-refractivity contribution in [2.45, 2.75) is 13.1 Å². The summed E-state index contributed by atoms with van der Waals surface area (Å²) in [6.45, 7) is 1.67. The number of hydrogen-bond acceptors (Lipinski definition) is 2. The molecule has 0 heterocycles. The highest BCUT2D eigenvalue weighted by atomic mass is 15.1. The molecule has 4 aromatic rings. The quantitative estimate of drug-likeness (QED) is 0.478. The van der Waals surface area contributed by atoms with Crippen LogP contribution in [-0.2, 0) is 13.1 Å². The molecule has 0 spiro atoms. The minimum atomic E-state index is 0.823. The lowest BCUT2D eigenvalue weighted by Crippen LogP contribution is -2.22. The van der Waals surface area contributed by atoms with E-state index in [0.29, 0.717) is 0 Å². The minimum absolute atomic E-state index is 0.823. The molecule has 0 saturated carbocycles. The maximum absolute atomic E-state index is 6.35. The fraction of sp³-hybridized carbons (Fsp3) is 0.0833. The zero-order valence-electron chi connectivity index (χ0n) is 14.7. The molecule has 128 valence electrons. The SMILES string of the molecule is Nc1cccc2cccc(N(Cc3ccccc3)Cc3ccccc3)c12. The number of rotatable bonds is 5. The molecule has 0 saturated heterocycles. The van der Waals surface area contributed by atoms with Gasteiger partial charge in [-0.05, 0) is 28.6 Å². The van der Waals surface area contributed by atoms with Crippen LogP contribution in [0.15, 0.2) is 97.1 Å². The zero-order chi connectivity index (χ0) is 17.8. The molecule has 0 aromatic heterocycles. The van der Waals surface area contributed by atoms with Crippen LogP contribution < -0.4 is 10.6 Å². The molecule has 0 aliphatic carbocycles. The van der Waals surface area contributed by atoms with Crippen LogP contribution in [0, 0.1) is 0 Å². The summed E-state index contributed by atoms with van der Waals surface area (Å²) in [4.78, 5) is 2.41. The molecule has 0 bridgehead atoms. The van der Waals surface area contributed by atoms with Crippen molar-refractivity contribution in [2.24, 2.45) is 0 Å². The second kappa shape index (κ2) is 7.32. The number of fused-ring (bicyclic) bond motifs is 1. The van der Waals surface area contributed by atoms with Crippen molar-refractivity contribution >= 4 is 22.1 Å². The molecule has 4 rings (SSSR count). The average molecular weight is 338 g/mol. The van der Waals surface area contributed by atoms with Gasteiger partial charge in [0.05, 0.1) is 0 Å². The first-order valence-corrected chi connectivity index (χ1v) is 8.91. The summed E-state index contributed by atoms with van der Waals surface area (Å²) in [5.41, 5.74) is 10.9. The van der Waals surface area contributed by atoms with Crippen LogP contribution in [0.2, 0.25) is 0 Å². The van der Waals surface area contributed by atoms with E-state index >= 15 is 0 Å². The average Bonchev–Trinajstić information content (AvgIpc) is 2.69. The Kier molecular flexibility index (Phi) is 4.57. The minimum Gasteiger partial charge on any atom is -0.398 e. The Balaban J connectivity index is 1.80. The van der Waals surface area contributed by atoms with Gasteiger partial charge in [-0.25, -0.2) is 0 Å². The second-order valence-electron chi connectivity index (χ2n) is 6.55. The molecule has 2 nitrogen and oxygen atoms in total. The van der Waals surface area contributed by atoms with Crippen LogP contribution >= 0.6 is 0 Å². The lowest BCUT2D eigenvalue weighted by atomic mass is 10.0. The highest BCUT2D eigenvalue weighted by molar-refractivity contribution is 6.02. The number of nitrogen functional groups attached to an aromatic ring is 1. The van der Waals surface area contributed by atoms with Gasteiger partial charge in [0.1, 0.15) is 0 Å². The summed E-state index contributed by atoms with van der Waals surface area (Å²) < 4.78 is 0. The summed E-state index contributed by atoms with van der Waals surface area (Å²) in [6.07, 6.45) is 0. The number of nitrogens with two attached hydrogens (primary N) is 1. The predicted molar refractivity (Wildman–Crippen MR) is 111 cm³/mol. The van der Waals surface area contributed by atoms with Crippen molar-refractivity contribution in [1.82, 2.24) is 0 Å². The third-order valence-corrected chi connectivity index (χ3v) is 4.69. The smallest absolute Gasteiger partial charge is 0.0472 e. The highest BCUT2D eigenvalue weighted by Crippen LogP contribution is 2.33. The van der Waals surface area contributed by atoms with Gasteiger partial charge in [0.15, 0.2) is 0 Å². The lowest BCUT2D eigenvalue weighted by Gasteiger charge is -2.27. The van der Waals surface area contributed by atoms with Gasteiger partial charge >= 0.3 is 0 Å².